The summed E-state index contributed by atoms with van der Waals surface area (Å²) in [4.78, 5) is 10.9. The van der Waals surface area contributed by atoms with E-state index in [0.29, 0.717) is 12.1 Å². The van der Waals surface area contributed by atoms with Crippen molar-refractivity contribution in [3.63, 3.8) is 0 Å². The van der Waals surface area contributed by atoms with Gasteiger partial charge in [-0.2, -0.15) is 0 Å². The Labute approximate surface area is 106 Å². The first-order valence-corrected chi connectivity index (χ1v) is 5.85. The molecular formula is C14H17N3O. The van der Waals surface area contributed by atoms with Crippen LogP contribution in [0.1, 0.15) is 27.3 Å². The SMILES string of the molecule is Cc1ccc(C)n1NCc1ccc(C(N)=O)cc1. The molecule has 0 spiro atoms. The number of nitrogens with one attached hydrogen (secondary N) is 1. The van der Waals surface area contributed by atoms with Gasteiger partial charge in [0.15, 0.2) is 0 Å². The summed E-state index contributed by atoms with van der Waals surface area (Å²) in [7, 11) is 0. The average Bonchev–Trinajstić information content (AvgIpc) is 2.67. The van der Waals surface area contributed by atoms with E-state index in [1.807, 2.05) is 16.8 Å². The minimum Gasteiger partial charge on any atom is -0.366 e. The Balaban J connectivity index is 2.04. The van der Waals surface area contributed by atoms with Crippen molar-refractivity contribution in [2.45, 2.75) is 20.4 Å². The van der Waals surface area contributed by atoms with Crippen molar-refractivity contribution in [3.05, 3.63) is 58.9 Å². The lowest BCUT2D eigenvalue weighted by Gasteiger charge is -2.12. The predicted molar refractivity (Wildman–Crippen MR) is 71.9 cm³/mol. The third kappa shape index (κ3) is 2.53. The minimum absolute atomic E-state index is 0.397. The Hall–Kier alpha value is -2.23. The Morgan fingerprint density at radius 2 is 1.67 bits per heavy atom. The largest absolute Gasteiger partial charge is 0.366 e. The molecule has 1 heterocycles. The molecule has 4 nitrogen and oxygen atoms in total. The van der Waals surface area contributed by atoms with E-state index in [-0.39, 0.29) is 0 Å². The summed E-state index contributed by atoms with van der Waals surface area (Å²) < 4.78 is 2.04. The fourth-order valence-electron chi connectivity index (χ4n) is 1.88. The molecule has 0 atom stereocenters. The smallest absolute Gasteiger partial charge is 0.248 e. The van der Waals surface area contributed by atoms with Gasteiger partial charge < -0.3 is 11.2 Å². The van der Waals surface area contributed by atoms with Crippen molar-refractivity contribution in [1.82, 2.24) is 4.68 Å². The Kier molecular flexibility index (Phi) is 3.37. The lowest BCUT2D eigenvalue weighted by atomic mass is 10.1. The number of primary amides is 1. The van der Waals surface area contributed by atoms with Crippen LogP contribution in [-0.2, 0) is 6.54 Å². The number of nitrogens with two attached hydrogens (primary N) is 1. The van der Waals surface area contributed by atoms with Gasteiger partial charge in [-0.15, -0.1) is 0 Å². The summed E-state index contributed by atoms with van der Waals surface area (Å²) in [5.41, 5.74) is 12.5. The van der Waals surface area contributed by atoms with Crippen LogP contribution in [0.15, 0.2) is 36.4 Å². The zero-order valence-electron chi connectivity index (χ0n) is 10.6. The Morgan fingerprint density at radius 3 is 2.17 bits per heavy atom. The number of carbonyl (C=O) groups is 1. The average molecular weight is 243 g/mol. The molecule has 2 rings (SSSR count). The minimum atomic E-state index is -0.397. The topological polar surface area (TPSA) is 60.1 Å². The number of amides is 1. The van der Waals surface area contributed by atoms with Crippen LogP contribution in [0.4, 0.5) is 0 Å². The lowest BCUT2D eigenvalue weighted by molar-refractivity contribution is 0.100. The summed E-state index contributed by atoms with van der Waals surface area (Å²) >= 11 is 0. The molecule has 0 aliphatic carbocycles. The molecule has 0 radical (unpaired) electrons. The second-order valence-corrected chi connectivity index (χ2v) is 4.35. The van der Waals surface area contributed by atoms with Gasteiger partial charge in [-0.05, 0) is 43.7 Å². The van der Waals surface area contributed by atoms with Gasteiger partial charge in [0, 0.05) is 17.0 Å². The molecule has 4 heteroatoms. The molecule has 0 aliphatic heterocycles. The number of aryl methyl sites for hydroxylation is 2. The molecule has 18 heavy (non-hydrogen) atoms. The molecule has 1 aromatic carbocycles. The monoisotopic (exact) mass is 243 g/mol. The van der Waals surface area contributed by atoms with E-state index in [1.54, 1.807) is 12.1 Å². The van der Waals surface area contributed by atoms with Gasteiger partial charge in [-0.25, -0.2) is 0 Å². The molecule has 0 aliphatic rings. The maximum atomic E-state index is 10.9. The molecule has 1 aromatic heterocycles. The molecule has 1 amide bonds. The molecule has 2 aromatic rings. The van der Waals surface area contributed by atoms with E-state index in [1.165, 1.54) is 11.4 Å². The van der Waals surface area contributed by atoms with Gasteiger partial charge in [-0.3, -0.25) is 9.47 Å². The van der Waals surface area contributed by atoms with E-state index in [4.69, 9.17) is 5.73 Å². The van der Waals surface area contributed by atoms with Crippen LogP contribution < -0.4 is 11.2 Å². The molecular weight excluding hydrogens is 226 g/mol. The van der Waals surface area contributed by atoms with Gasteiger partial charge in [0.1, 0.15) is 0 Å². The Morgan fingerprint density at radius 1 is 1.11 bits per heavy atom. The number of rotatable bonds is 4. The number of benzene rings is 1. The quantitative estimate of drug-likeness (QED) is 0.862. The van der Waals surface area contributed by atoms with Crippen molar-refractivity contribution >= 4 is 5.91 Å². The lowest BCUT2D eigenvalue weighted by Crippen LogP contribution is -2.17. The highest BCUT2D eigenvalue weighted by molar-refractivity contribution is 5.92. The second kappa shape index (κ2) is 4.96. The Bertz CT molecular complexity index is 535. The van der Waals surface area contributed by atoms with Crippen molar-refractivity contribution in [3.8, 4) is 0 Å². The highest BCUT2D eigenvalue weighted by Gasteiger charge is 2.02. The normalized spacial score (nSPS) is 10.3. The number of nitrogens with zero attached hydrogens (tertiary/aromatic N) is 1. The highest BCUT2D eigenvalue weighted by atomic mass is 16.1. The summed E-state index contributed by atoms with van der Waals surface area (Å²) in [5.74, 6) is -0.397. The molecule has 3 N–H and O–H groups in total. The second-order valence-electron chi connectivity index (χ2n) is 4.35. The third-order valence-corrected chi connectivity index (χ3v) is 2.95. The van der Waals surface area contributed by atoms with Crippen LogP contribution in [0.5, 0.6) is 0 Å². The molecule has 94 valence electrons. The standard InChI is InChI=1S/C14H17N3O/c1-10-3-4-11(2)17(10)16-9-12-5-7-13(8-6-12)14(15)18/h3-8,16H,9H2,1-2H3,(H2,15,18). The van der Waals surface area contributed by atoms with Gasteiger partial charge in [-0.1, -0.05) is 12.1 Å². The zero-order valence-corrected chi connectivity index (χ0v) is 10.6. The highest BCUT2D eigenvalue weighted by Crippen LogP contribution is 2.07. The first kappa shape index (κ1) is 12.2. The third-order valence-electron chi connectivity index (χ3n) is 2.95. The molecule has 0 bridgehead atoms. The van der Waals surface area contributed by atoms with Crippen LogP contribution >= 0.6 is 0 Å². The van der Waals surface area contributed by atoms with Crippen molar-refractivity contribution in [2.75, 3.05) is 5.43 Å². The first-order valence-electron chi connectivity index (χ1n) is 5.85. The predicted octanol–water partition coefficient (Wildman–Crippen LogP) is 1.95. The summed E-state index contributed by atoms with van der Waals surface area (Å²) in [6.45, 7) is 4.81. The number of hydrogen-bond acceptors (Lipinski definition) is 2. The molecule has 0 saturated carbocycles. The van der Waals surface area contributed by atoms with Crippen LogP contribution in [0.25, 0.3) is 0 Å². The maximum Gasteiger partial charge on any atom is 0.248 e. The number of aromatic nitrogens is 1. The van der Waals surface area contributed by atoms with Crippen LogP contribution in [0.2, 0.25) is 0 Å². The molecule has 0 unspecified atom stereocenters. The van der Waals surface area contributed by atoms with Gasteiger partial charge in [0.2, 0.25) is 5.91 Å². The number of hydrogen-bond donors (Lipinski definition) is 2. The number of carbonyl (C=O) groups excluding carboxylic acids is 1. The zero-order chi connectivity index (χ0) is 13.1. The summed E-state index contributed by atoms with van der Waals surface area (Å²) in [6, 6.07) is 11.4. The molecule has 0 saturated heterocycles. The van der Waals surface area contributed by atoms with Gasteiger partial charge >= 0.3 is 0 Å². The van der Waals surface area contributed by atoms with Crippen LogP contribution in [0, 0.1) is 13.8 Å². The van der Waals surface area contributed by atoms with Crippen molar-refractivity contribution in [1.29, 1.82) is 0 Å². The van der Waals surface area contributed by atoms with Crippen LogP contribution in [-0.4, -0.2) is 10.6 Å². The van der Waals surface area contributed by atoms with Gasteiger partial charge in [0.25, 0.3) is 0 Å². The first-order chi connectivity index (χ1) is 8.58. The summed E-state index contributed by atoms with van der Waals surface area (Å²) in [5, 5.41) is 0. The van der Waals surface area contributed by atoms with E-state index in [9.17, 15) is 4.79 Å². The van der Waals surface area contributed by atoms with E-state index >= 15 is 0 Å². The van der Waals surface area contributed by atoms with E-state index in [2.05, 4.69) is 31.4 Å². The summed E-state index contributed by atoms with van der Waals surface area (Å²) in [6.07, 6.45) is 0. The van der Waals surface area contributed by atoms with Crippen molar-refractivity contribution in [2.24, 2.45) is 5.73 Å². The molecule has 0 fully saturated rings. The fraction of sp³-hybridized carbons (Fsp3) is 0.214. The van der Waals surface area contributed by atoms with Crippen LogP contribution in [0.3, 0.4) is 0 Å². The van der Waals surface area contributed by atoms with Gasteiger partial charge in [0.05, 0.1) is 6.54 Å². The van der Waals surface area contributed by atoms with E-state index < -0.39 is 5.91 Å². The fourth-order valence-corrected chi connectivity index (χ4v) is 1.88. The maximum absolute atomic E-state index is 10.9. The van der Waals surface area contributed by atoms with Crippen molar-refractivity contribution < 1.29 is 4.79 Å². The van der Waals surface area contributed by atoms with E-state index in [0.717, 1.165) is 5.56 Å².